The SMILES string of the molecule is CN1C=Nc2ccc(-c3cccnc3-c3ccc(F)c(Cl)c3)cc2S1(=O)=O.Cc1cc(-c2ncccc2-c2ccc3c(c2)S(=O)(=O)N(C)C=N3)ccc1F.Clc1cccc(-c2ncccc2-c2ccc3ncnn3n2)c1.Fc1cc(F)c(-c2ncccc2-c2ccc3ncnn3n2)cc1Cl.Fc1ccc(-c2ncccc2-c2ccc3ncnn3n2)cc1Cl.Fc1ccc(Cl)cc1-c1ncccc1-c1ccc2ncnn2n1. The van der Waals surface area contributed by atoms with Gasteiger partial charge in [0.15, 0.2) is 22.6 Å². The Morgan fingerprint density at radius 3 is 0.979 bits per heavy atom. The summed E-state index contributed by atoms with van der Waals surface area (Å²) >= 11 is 29.7. The second-order valence-corrected chi connectivity index (χ2v) is 37.7. The molecule has 0 saturated heterocycles. The van der Waals surface area contributed by atoms with Crippen molar-refractivity contribution in [3.8, 4) is 135 Å². The zero-order valence-electron chi connectivity index (χ0n) is 75.6. The third-order valence-corrected chi connectivity index (χ3v) is 27.3. The molecule has 0 fully saturated rings. The molecule has 16 heterocycles. The highest BCUT2D eigenvalue weighted by Crippen LogP contribution is 2.43. The van der Waals surface area contributed by atoms with Crippen molar-refractivity contribution in [2.24, 2.45) is 9.98 Å². The number of halogens is 11. The fourth-order valence-electron chi connectivity index (χ4n) is 15.3. The predicted octanol–water partition coefficient (Wildman–Crippen LogP) is 23.2. The lowest BCUT2D eigenvalue weighted by atomic mass is 9.98. The molecule has 2 aliphatic heterocycles. The lowest BCUT2D eigenvalue weighted by molar-refractivity contribution is 0.552. The van der Waals surface area contributed by atoms with E-state index < -0.39 is 49.1 Å². The molecule has 24 rings (SSSR count). The number of nitrogens with zero attached hydrogens (tertiary/aromatic N) is 26. The quantitative estimate of drug-likeness (QED) is 0.0810. The zero-order valence-corrected chi connectivity index (χ0v) is 81.0. The Balaban J connectivity index is 0.000000111. The Morgan fingerprint density at radius 2 is 0.589 bits per heavy atom. The number of hydrogen-bond donors (Lipinski definition) is 0. The maximum absolute atomic E-state index is 14.2. The zero-order chi connectivity index (χ0) is 102. The number of fused-ring (bicyclic) bond motifs is 6. The van der Waals surface area contributed by atoms with Gasteiger partial charge in [-0.25, -0.2) is 73.1 Å². The predicted molar refractivity (Wildman–Crippen MR) is 544 cm³/mol. The van der Waals surface area contributed by atoms with Gasteiger partial charge in [0.2, 0.25) is 0 Å². The number of sulfonamides is 2. The summed E-state index contributed by atoms with van der Waals surface area (Å²) in [6.45, 7) is 1.70. The van der Waals surface area contributed by atoms with E-state index in [0.29, 0.717) is 140 Å². The average molecular weight is 2090 g/mol. The van der Waals surface area contributed by atoms with Crippen molar-refractivity contribution in [3.63, 3.8) is 0 Å². The maximum Gasteiger partial charge on any atom is 0.266 e. The second kappa shape index (κ2) is 42.1. The third kappa shape index (κ3) is 20.7. The van der Waals surface area contributed by atoms with Crippen LogP contribution < -0.4 is 0 Å². The topological polar surface area (TPSA) is 349 Å². The fourth-order valence-corrected chi connectivity index (χ4v) is 18.5. The molecule has 43 heteroatoms. The summed E-state index contributed by atoms with van der Waals surface area (Å²) in [5.41, 5.74) is 19.3. The number of aromatic nitrogens is 22. The molecule has 0 N–H and O–H groups in total. The van der Waals surface area contributed by atoms with Crippen molar-refractivity contribution in [2.75, 3.05) is 14.1 Å². The summed E-state index contributed by atoms with van der Waals surface area (Å²) in [5, 5.41) is 34.7. The van der Waals surface area contributed by atoms with E-state index in [1.807, 2.05) is 97.1 Å². The minimum Gasteiger partial charge on any atom is -0.259 e. The first-order valence-electron chi connectivity index (χ1n) is 43.4. The molecule has 2 aliphatic rings. The lowest BCUT2D eigenvalue weighted by Gasteiger charge is -2.20. The highest BCUT2D eigenvalue weighted by Gasteiger charge is 2.30. The van der Waals surface area contributed by atoms with Gasteiger partial charge in [-0.2, -0.15) is 0 Å². The summed E-state index contributed by atoms with van der Waals surface area (Å²) < 4.78 is 141. The molecule has 14 aromatic heterocycles. The summed E-state index contributed by atoms with van der Waals surface area (Å²) in [6.07, 6.45) is 18.1. The molecule has 0 aliphatic carbocycles. The van der Waals surface area contributed by atoms with Crippen LogP contribution in [0.15, 0.2) is 349 Å². The smallest absolute Gasteiger partial charge is 0.259 e. The molecule has 0 radical (unpaired) electrons. The van der Waals surface area contributed by atoms with E-state index in [1.165, 1.54) is 119 Å². The summed E-state index contributed by atoms with van der Waals surface area (Å²) in [5.74, 6) is -3.22. The summed E-state index contributed by atoms with van der Waals surface area (Å²) in [7, 11) is -4.39. The molecule has 30 nitrogen and oxygen atoms in total. The van der Waals surface area contributed by atoms with Crippen molar-refractivity contribution < 1.29 is 43.2 Å². The number of rotatable bonds is 12. The molecule has 0 saturated carbocycles. The highest BCUT2D eigenvalue weighted by atomic mass is 35.5. The monoisotopic (exact) mass is 2080 g/mol. The van der Waals surface area contributed by atoms with Crippen molar-refractivity contribution in [2.45, 2.75) is 16.7 Å². The molecule has 0 bridgehead atoms. The van der Waals surface area contributed by atoms with Crippen molar-refractivity contribution in [1.29, 1.82) is 0 Å². The number of benzene rings is 8. The van der Waals surface area contributed by atoms with E-state index in [0.717, 1.165) is 53.9 Å². The number of pyridine rings is 6. The second-order valence-electron chi connectivity index (χ2n) is 31.7. The van der Waals surface area contributed by atoms with Crippen LogP contribution in [0.4, 0.5) is 37.7 Å². The van der Waals surface area contributed by atoms with Crippen LogP contribution in [0.2, 0.25) is 25.1 Å². The van der Waals surface area contributed by atoms with Gasteiger partial charge < -0.3 is 0 Å². The first-order valence-corrected chi connectivity index (χ1v) is 48.2. The Bertz CT molecular complexity index is 8940. The van der Waals surface area contributed by atoms with Crippen LogP contribution in [0.3, 0.4) is 0 Å². The van der Waals surface area contributed by atoms with E-state index in [9.17, 15) is 43.2 Å². The molecule has 22 aromatic rings. The third-order valence-electron chi connectivity index (χ3n) is 22.5. The number of aryl methyl sites for hydroxylation is 1. The Labute approximate surface area is 850 Å². The molecule has 0 atom stereocenters. The molecule has 146 heavy (non-hydrogen) atoms. The largest absolute Gasteiger partial charge is 0.266 e. The molecule has 0 spiro atoms. The van der Waals surface area contributed by atoms with Crippen LogP contribution in [0.1, 0.15) is 5.56 Å². The molecule has 8 aromatic carbocycles. The normalized spacial score (nSPS) is 12.5. The van der Waals surface area contributed by atoms with E-state index >= 15 is 0 Å². The highest BCUT2D eigenvalue weighted by molar-refractivity contribution is 7.90. The van der Waals surface area contributed by atoms with Gasteiger partial charge in [0.1, 0.15) is 82.7 Å². The molecule has 0 unspecified atom stereocenters. The number of hydrogen-bond acceptors (Lipinski definition) is 24. The van der Waals surface area contributed by atoms with Crippen LogP contribution in [0, 0.1) is 41.8 Å². The minimum absolute atomic E-state index is 0.00640. The van der Waals surface area contributed by atoms with Gasteiger partial charge in [0.05, 0.1) is 83.4 Å². The first-order chi connectivity index (χ1) is 70.6. The maximum atomic E-state index is 14.2. The van der Waals surface area contributed by atoms with E-state index in [4.69, 9.17) is 58.0 Å². The Kier molecular flexibility index (Phi) is 28.1. The van der Waals surface area contributed by atoms with Gasteiger partial charge in [-0.1, -0.05) is 94.4 Å². The standard InChI is InChI=1S/C20H16FN3O2S.C19H13ClFN3O2S.C16H8ClF2N5.2C16H9ClFN5.C16H10ClN5/c1-13-10-15(5-7-17(13)21)20-16(4-3-9-22-20)14-6-8-18-19(11-14)27(25,26)24(2)12-23-18;1-24-11-23-17-7-5-12(10-18(17)27(24,25)26)14-3-2-8-22-19(14)13-4-6-16(21)15(20)9-13;17-11-6-10(12(18)7-13(11)19)16-9(2-1-5-20-16)14-3-4-15-21-8-22-24(15)23-14;17-10-3-4-13(18)12(8-10)16-11(2-1-7-19-16)14-5-6-15-20-9-21-23(15)22-14;17-12-8-10(3-4-13(12)18)16-11(2-1-7-19-16)14-5-6-15-20-9-21-23(15)22-14;17-12-4-1-3-11(9-12)16-13(5-2-8-18-16)14-6-7-15-19-10-20-22(15)21-14/h3-12H,1-2H3;2-11H,1H3;1-8H;2*1-9H;1-10H. The molecular weight excluding hydrogens is 2020 g/mol. The summed E-state index contributed by atoms with van der Waals surface area (Å²) in [4.78, 5) is 51.1. The van der Waals surface area contributed by atoms with Crippen LogP contribution in [0.5, 0.6) is 0 Å². The fraction of sp³-hybridized carbons (Fsp3) is 0.0291. The Hall–Kier alpha value is -17.3. The van der Waals surface area contributed by atoms with Crippen molar-refractivity contribution in [3.05, 3.63) is 395 Å². The minimum atomic E-state index is -3.65. The van der Waals surface area contributed by atoms with E-state index in [1.54, 1.807) is 159 Å². The number of aliphatic imine (C=N–C) groups is 2. The van der Waals surface area contributed by atoms with Gasteiger partial charge in [-0.15, -0.1) is 59.3 Å². The van der Waals surface area contributed by atoms with Crippen molar-refractivity contribution >= 4 is 125 Å². The van der Waals surface area contributed by atoms with Crippen molar-refractivity contribution in [1.82, 2.24) is 118 Å². The van der Waals surface area contributed by atoms with Crippen LogP contribution in [0.25, 0.3) is 157 Å². The van der Waals surface area contributed by atoms with Gasteiger partial charge in [0.25, 0.3) is 20.0 Å². The van der Waals surface area contributed by atoms with E-state index in [-0.39, 0.29) is 36.2 Å². The van der Waals surface area contributed by atoms with Gasteiger partial charge in [-0.05, 0) is 248 Å². The lowest BCUT2D eigenvalue weighted by Crippen LogP contribution is -2.27. The summed E-state index contributed by atoms with van der Waals surface area (Å²) in [6, 6.07) is 74.1. The van der Waals surface area contributed by atoms with Gasteiger partial charge in [0, 0.05) is 134 Å². The molecule has 0 amide bonds. The van der Waals surface area contributed by atoms with Crippen LogP contribution >= 0.6 is 58.0 Å². The Morgan fingerprint density at radius 1 is 0.260 bits per heavy atom. The average Bonchev–Trinajstić information content (AvgIpc) is 1.33. The van der Waals surface area contributed by atoms with Crippen LogP contribution in [-0.2, 0) is 20.0 Å². The van der Waals surface area contributed by atoms with Crippen LogP contribution in [-0.4, -0.2) is 161 Å². The van der Waals surface area contributed by atoms with E-state index in [2.05, 4.69) is 101 Å². The van der Waals surface area contributed by atoms with Gasteiger partial charge in [-0.3, -0.25) is 38.5 Å². The van der Waals surface area contributed by atoms with Gasteiger partial charge >= 0.3 is 0 Å². The molecular formula is C103H65Cl5F6N26O4S2. The first kappa shape index (κ1) is 97.6. The molecule has 720 valence electrons.